The van der Waals surface area contributed by atoms with Gasteiger partial charge >= 0.3 is 0 Å². The summed E-state index contributed by atoms with van der Waals surface area (Å²) in [6.45, 7) is 11.9. The van der Waals surface area contributed by atoms with E-state index >= 15 is 0 Å². The van der Waals surface area contributed by atoms with E-state index in [1.807, 2.05) is 20.0 Å². The van der Waals surface area contributed by atoms with Gasteiger partial charge in [0.05, 0.1) is 15.5 Å². The van der Waals surface area contributed by atoms with Gasteiger partial charge in [-0.15, -0.1) is 10.2 Å². The molecule has 0 bridgehead atoms. The van der Waals surface area contributed by atoms with Crippen molar-refractivity contribution in [3.05, 3.63) is 68.6 Å². The van der Waals surface area contributed by atoms with Crippen molar-refractivity contribution in [2.75, 3.05) is 5.32 Å². The van der Waals surface area contributed by atoms with E-state index in [1.165, 1.54) is 12.1 Å². The quantitative estimate of drug-likeness (QED) is 0.179. The number of aromatic nitrogens is 2. The second kappa shape index (κ2) is 10.4. The fraction of sp³-hybridized carbons (Fsp3) is 0.400. The number of nitriles is 1. The molecule has 2 N–H and O–H groups in total. The minimum absolute atomic E-state index is 0.0298. The highest BCUT2D eigenvalue weighted by Crippen LogP contribution is 2.45. The van der Waals surface area contributed by atoms with Crippen molar-refractivity contribution in [1.29, 1.82) is 5.26 Å². The molecule has 1 aromatic heterocycles. The summed E-state index contributed by atoms with van der Waals surface area (Å²) in [5.74, 6) is 0.534. The Hall–Kier alpha value is -3.26. The highest BCUT2D eigenvalue weighted by molar-refractivity contribution is 6.72. The van der Waals surface area contributed by atoms with Crippen LogP contribution in [-0.4, -0.2) is 28.2 Å². The lowest BCUT2D eigenvalue weighted by Crippen LogP contribution is -2.41. The number of hydrogen-bond acceptors (Lipinski definition) is 8. The smallest absolute Gasteiger partial charge is 0.269 e. The molecule has 9 nitrogen and oxygen atoms in total. The normalized spacial score (nSPS) is 13.6. The van der Waals surface area contributed by atoms with Crippen LogP contribution in [0, 0.1) is 34.3 Å². The fourth-order valence-corrected chi connectivity index (χ4v) is 4.95. The highest BCUT2D eigenvalue weighted by atomic mass is 35.5. The van der Waals surface area contributed by atoms with Gasteiger partial charge < -0.3 is 14.5 Å². The Bertz CT molecular complexity index is 1300. The molecule has 0 radical (unpaired) electrons. The van der Waals surface area contributed by atoms with Crippen LogP contribution in [-0.2, 0) is 0 Å². The first-order chi connectivity index (χ1) is 16.7. The molecule has 0 spiro atoms. The van der Waals surface area contributed by atoms with Crippen LogP contribution >= 0.6 is 11.6 Å². The number of hydrogen-bond donors (Lipinski definition) is 2. The number of rotatable bonds is 9. The Morgan fingerprint density at radius 2 is 1.89 bits per heavy atom. The summed E-state index contributed by atoms with van der Waals surface area (Å²) in [5.41, 5.74) is 2.37. The Labute approximate surface area is 216 Å². The minimum Gasteiger partial charge on any atom is -0.432 e. The molecule has 11 heteroatoms. The average molecular weight is 528 g/mol. The molecule has 2 aromatic carbocycles. The molecule has 3 aromatic rings. The summed E-state index contributed by atoms with van der Waals surface area (Å²) in [7, 11) is -2.49. The zero-order valence-electron chi connectivity index (χ0n) is 21.2. The molecule has 0 unspecified atom stereocenters. The van der Waals surface area contributed by atoms with E-state index in [0.717, 1.165) is 11.3 Å². The van der Waals surface area contributed by atoms with Crippen molar-refractivity contribution < 1.29 is 14.1 Å². The van der Waals surface area contributed by atoms with Crippen LogP contribution in [0.2, 0.25) is 23.2 Å². The Morgan fingerprint density at radius 1 is 1.25 bits per heavy atom. The van der Waals surface area contributed by atoms with Gasteiger partial charge in [0, 0.05) is 23.4 Å². The predicted molar refractivity (Wildman–Crippen MR) is 141 cm³/mol. The van der Waals surface area contributed by atoms with Gasteiger partial charge in [0.2, 0.25) is 11.8 Å². The van der Waals surface area contributed by atoms with Crippen LogP contribution < -0.4 is 5.32 Å². The lowest BCUT2D eigenvalue weighted by Gasteiger charge is -2.38. The second-order valence-electron chi connectivity index (χ2n) is 10.2. The zero-order valence-corrected chi connectivity index (χ0v) is 22.9. The van der Waals surface area contributed by atoms with Gasteiger partial charge in [-0.25, -0.2) is 0 Å². The molecule has 0 aliphatic rings. The molecule has 190 valence electrons. The lowest BCUT2D eigenvalue weighted by molar-refractivity contribution is -0.384. The summed E-state index contributed by atoms with van der Waals surface area (Å²) in [6.07, 6.45) is 0.679. The summed E-state index contributed by atoms with van der Waals surface area (Å²) in [4.78, 5) is 21.4. The van der Waals surface area contributed by atoms with Gasteiger partial charge in [0.1, 0.15) is 12.1 Å². The molecule has 0 aliphatic carbocycles. The Kier molecular flexibility index (Phi) is 7.88. The third-order valence-electron chi connectivity index (χ3n) is 6.91. The largest absolute Gasteiger partial charge is 0.432 e. The summed E-state index contributed by atoms with van der Waals surface area (Å²) in [6, 6.07) is 11.0. The van der Waals surface area contributed by atoms with Gasteiger partial charge in [-0.1, -0.05) is 32.4 Å². The maximum absolute atomic E-state index is 11.0. The monoisotopic (exact) mass is 527 g/mol. The number of non-ortho nitro benzene ring substituents is 1. The summed E-state index contributed by atoms with van der Waals surface area (Å²) < 4.78 is 6.05. The van der Waals surface area contributed by atoms with E-state index in [9.17, 15) is 20.2 Å². The molecule has 1 heterocycles. The van der Waals surface area contributed by atoms with E-state index in [2.05, 4.69) is 42.4 Å². The van der Waals surface area contributed by atoms with Crippen molar-refractivity contribution in [3.8, 4) is 17.5 Å². The maximum atomic E-state index is 11.0. The van der Waals surface area contributed by atoms with Crippen LogP contribution in [0.5, 0.6) is 0 Å². The first-order valence-electron chi connectivity index (χ1n) is 11.5. The van der Waals surface area contributed by atoms with E-state index in [4.69, 9.17) is 16.0 Å². The number of nitrogens with one attached hydrogen (secondary N) is 1. The summed E-state index contributed by atoms with van der Waals surface area (Å²) >= 11 is 6.40. The molecule has 0 saturated carbocycles. The van der Waals surface area contributed by atoms with Gasteiger partial charge in [0.15, 0.2) is 8.32 Å². The van der Waals surface area contributed by atoms with Crippen LogP contribution in [0.15, 0.2) is 40.8 Å². The fourth-order valence-electron chi connectivity index (χ4n) is 3.92. The number of nitro groups is 1. The first-order valence-corrected chi connectivity index (χ1v) is 14.8. The molecule has 0 aliphatic heterocycles. The van der Waals surface area contributed by atoms with E-state index in [-0.39, 0.29) is 22.5 Å². The molecule has 3 rings (SSSR count). The van der Waals surface area contributed by atoms with E-state index in [0.29, 0.717) is 28.5 Å². The van der Waals surface area contributed by atoms with Gasteiger partial charge in [0.25, 0.3) is 5.69 Å². The third kappa shape index (κ3) is 5.75. The first kappa shape index (κ1) is 27.3. The zero-order chi connectivity index (χ0) is 26.8. The minimum atomic E-state index is -2.49. The number of nitro benzene ring substituents is 1. The van der Waals surface area contributed by atoms with Crippen molar-refractivity contribution in [3.63, 3.8) is 0 Å². The Balaban J connectivity index is 2.00. The molecule has 36 heavy (non-hydrogen) atoms. The molecule has 0 saturated heterocycles. The SMILES string of the molecule is Cc1c(N[C@@H](c2nnc(-c3ccc([N+](=O)[O-])cc3)o2)[C@H](C)CC(C)(C)[Si](C)(C)O)ccc(C#N)c1Cl. The van der Waals surface area contributed by atoms with Gasteiger partial charge in [-0.2, -0.15) is 5.26 Å². The van der Waals surface area contributed by atoms with Crippen LogP contribution in [0.3, 0.4) is 0 Å². The standard InChI is InChI=1S/C25H30ClN5O4Si/c1-15(13-25(3,4)36(5,6)34)22(28-20-12-9-18(14-27)21(26)16(20)2)24-30-29-23(35-24)17-7-10-19(11-8-17)31(32)33/h7-12,15,22,28,34H,13H2,1-6H3/t15-,22-/m1/s1. The number of nitrogens with zero attached hydrogens (tertiary/aromatic N) is 4. The van der Waals surface area contributed by atoms with Crippen LogP contribution in [0.25, 0.3) is 11.5 Å². The van der Waals surface area contributed by atoms with Crippen molar-refractivity contribution in [2.45, 2.75) is 58.3 Å². The van der Waals surface area contributed by atoms with Crippen molar-refractivity contribution >= 4 is 31.3 Å². The lowest BCUT2D eigenvalue weighted by atomic mass is 9.90. The Morgan fingerprint density at radius 3 is 2.44 bits per heavy atom. The number of halogens is 1. The average Bonchev–Trinajstić information content (AvgIpc) is 3.29. The van der Waals surface area contributed by atoms with Crippen molar-refractivity contribution in [2.24, 2.45) is 5.92 Å². The topological polar surface area (TPSA) is 138 Å². The molecule has 0 amide bonds. The number of benzene rings is 2. The van der Waals surface area contributed by atoms with E-state index in [1.54, 1.807) is 24.3 Å². The maximum Gasteiger partial charge on any atom is 0.269 e. The highest BCUT2D eigenvalue weighted by Gasteiger charge is 2.41. The number of anilines is 1. The molecular formula is C25H30ClN5O4Si. The predicted octanol–water partition coefficient (Wildman–Crippen LogP) is 6.64. The third-order valence-corrected chi connectivity index (χ3v) is 10.9. The van der Waals surface area contributed by atoms with Crippen LogP contribution in [0.4, 0.5) is 11.4 Å². The second-order valence-corrected chi connectivity index (χ2v) is 15.1. The van der Waals surface area contributed by atoms with Gasteiger partial charge in [-0.05, 0) is 67.2 Å². The van der Waals surface area contributed by atoms with Gasteiger partial charge in [-0.3, -0.25) is 10.1 Å². The summed E-state index contributed by atoms with van der Waals surface area (Å²) in [5, 5.41) is 32.3. The van der Waals surface area contributed by atoms with Crippen molar-refractivity contribution in [1.82, 2.24) is 10.2 Å². The molecule has 2 atom stereocenters. The van der Waals surface area contributed by atoms with E-state index < -0.39 is 19.3 Å². The molecular weight excluding hydrogens is 498 g/mol. The molecule has 0 fully saturated rings. The van der Waals surface area contributed by atoms with Crippen LogP contribution in [0.1, 0.15) is 50.3 Å².